The van der Waals surface area contributed by atoms with Crippen LogP contribution in [0.4, 0.5) is 0 Å². The van der Waals surface area contributed by atoms with Crippen molar-refractivity contribution in [3.63, 3.8) is 0 Å². The lowest BCUT2D eigenvalue weighted by Gasteiger charge is -2.01. The van der Waals surface area contributed by atoms with E-state index in [2.05, 4.69) is 0 Å². The normalized spacial score (nSPS) is 11.7. The fourth-order valence-corrected chi connectivity index (χ4v) is 1.38. The summed E-state index contributed by atoms with van der Waals surface area (Å²) in [5.74, 6) is 0. The molecule has 0 unspecified atom stereocenters. The lowest BCUT2D eigenvalue weighted by molar-refractivity contribution is 0.458. The fraction of sp³-hybridized carbons (Fsp3) is 1.00. The van der Waals surface area contributed by atoms with Gasteiger partial charge in [0.15, 0.2) is 0 Å². The van der Waals surface area contributed by atoms with Crippen LogP contribution in [0.15, 0.2) is 0 Å². The first kappa shape index (κ1) is 17.7. The van der Waals surface area contributed by atoms with Crippen LogP contribution in [-0.4, -0.2) is 41.5 Å². The van der Waals surface area contributed by atoms with Crippen LogP contribution in [0.5, 0.6) is 0 Å². The van der Waals surface area contributed by atoms with Gasteiger partial charge in [-0.2, -0.15) is 16.8 Å². The second-order valence-electron chi connectivity index (χ2n) is 1.60. The first-order valence-corrected chi connectivity index (χ1v) is 5.09. The Morgan fingerprint density at radius 3 is 1.08 bits per heavy atom. The molecule has 0 aromatic carbocycles. The summed E-state index contributed by atoms with van der Waals surface area (Å²) < 4.78 is 53.9. The smallest absolute Gasteiger partial charge is 0.284 e. The highest BCUT2D eigenvalue weighted by Crippen LogP contribution is 2.03. The summed E-state index contributed by atoms with van der Waals surface area (Å²) in [4.78, 5) is 0. The highest BCUT2D eigenvalue weighted by Gasteiger charge is 2.29. The molecule has 6 N–H and O–H groups in total. The van der Waals surface area contributed by atoms with Gasteiger partial charge in [0, 0.05) is 0 Å². The standard InChI is InChI=1S/C2H6O6S2.2H2O/c1-2(9(3,4)5)10(6,7)8;;/h2H,1H3,(H,3,4,5)(H,6,7,8);2*1H2. The van der Waals surface area contributed by atoms with Gasteiger partial charge < -0.3 is 11.0 Å². The van der Waals surface area contributed by atoms with Crippen LogP contribution < -0.4 is 0 Å². The molecule has 12 heavy (non-hydrogen) atoms. The predicted octanol–water partition coefficient (Wildman–Crippen LogP) is -2.54. The van der Waals surface area contributed by atoms with Crippen molar-refractivity contribution in [3.8, 4) is 0 Å². The number of hydrogen-bond donors (Lipinski definition) is 2. The van der Waals surface area contributed by atoms with E-state index in [1.807, 2.05) is 0 Å². The van der Waals surface area contributed by atoms with Crippen molar-refractivity contribution < 1.29 is 36.9 Å². The van der Waals surface area contributed by atoms with Crippen LogP contribution in [0.25, 0.3) is 0 Å². The van der Waals surface area contributed by atoms with Gasteiger partial charge in [0.05, 0.1) is 0 Å². The van der Waals surface area contributed by atoms with Crippen LogP contribution in [-0.2, 0) is 20.2 Å². The van der Waals surface area contributed by atoms with Crippen LogP contribution in [0.3, 0.4) is 0 Å². The van der Waals surface area contributed by atoms with E-state index in [0.717, 1.165) is 0 Å². The molecular weight excluding hydrogens is 216 g/mol. The maximum absolute atomic E-state index is 9.99. The molecule has 0 aliphatic rings. The average Bonchev–Trinajstić information content (AvgIpc) is 1.59. The third kappa shape index (κ3) is 5.40. The molecule has 0 aromatic heterocycles. The van der Waals surface area contributed by atoms with Crippen molar-refractivity contribution in [3.05, 3.63) is 0 Å². The van der Waals surface area contributed by atoms with Crippen molar-refractivity contribution in [2.24, 2.45) is 0 Å². The summed E-state index contributed by atoms with van der Waals surface area (Å²) >= 11 is 0. The zero-order chi connectivity index (χ0) is 8.58. The molecular formula is C2H10O8S2. The van der Waals surface area contributed by atoms with E-state index in [9.17, 15) is 16.8 Å². The fourth-order valence-electron chi connectivity index (χ4n) is 0.154. The second-order valence-corrected chi connectivity index (χ2v) is 5.37. The topological polar surface area (TPSA) is 172 Å². The molecule has 0 bridgehead atoms. The Morgan fingerprint density at radius 1 is 0.917 bits per heavy atom. The third-order valence-electron chi connectivity index (χ3n) is 0.839. The molecule has 0 aliphatic heterocycles. The zero-order valence-electron chi connectivity index (χ0n) is 5.92. The average molecular weight is 226 g/mol. The molecule has 78 valence electrons. The molecule has 0 radical (unpaired) electrons. The molecule has 0 fully saturated rings. The Balaban J connectivity index is -0.000000405. The van der Waals surface area contributed by atoms with Gasteiger partial charge in [0.25, 0.3) is 20.2 Å². The largest absolute Gasteiger partial charge is 0.412 e. The van der Waals surface area contributed by atoms with Gasteiger partial charge in [0.1, 0.15) is 0 Å². The predicted molar refractivity (Wildman–Crippen MR) is 39.8 cm³/mol. The maximum atomic E-state index is 9.99. The van der Waals surface area contributed by atoms with Crippen LogP contribution in [0.2, 0.25) is 0 Å². The molecule has 0 spiro atoms. The summed E-state index contributed by atoms with van der Waals surface area (Å²) in [6.45, 7) is 0.657. The summed E-state index contributed by atoms with van der Waals surface area (Å²) in [6, 6.07) is 0. The lowest BCUT2D eigenvalue weighted by Crippen LogP contribution is -2.25. The summed E-state index contributed by atoms with van der Waals surface area (Å²) in [5, 5.41) is 0. The molecule has 0 heterocycles. The second kappa shape index (κ2) is 4.69. The molecule has 0 rings (SSSR count). The van der Waals surface area contributed by atoms with E-state index >= 15 is 0 Å². The minimum Gasteiger partial charge on any atom is -0.412 e. The Morgan fingerprint density at radius 2 is 1.08 bits per heavy atom. The Bertz CT molecular complexity index is 264. The van der Waals surface area contributed by atoms with Crippen molar-refractivity contribution in [1.82, 2.24) is 0 Å². The van der Waals surface area contributed by atoms with Gasteiger partial charge in [-0.25, -0.2) is 0 Å². The zero-order valence-corrected chi connectivity index (χ0v) is 7.55. The highest BCUT2D eigenvalue weighted by atomic mass is 32.3. The van der Waals surface area contributed by atoms with E-state index in [4.69, 9.17) is 9.11 Å². The monoisotopic (exact) mass is 226 g/mol. The SMILES string of the molecule is CC(S(=O)(=O)O)S(=O)(=O)O.O.O. The van der Waals surface area contributed by atoms with Crippen molar-refractivity contribution in [2.75, 3.05) is 0 Å². The molecule has 0 aromatic rings. The van der Waals surface area contributed by atoms with Crippen molar-refractivity contribution in [2.45, 2.75) is 11.5 Å². The molecule has 0 saturated heterocycles. The molecule has 0 atom stereocenters. The Hall–Kier alpha value is -0.260. The molecule has 0 saturated carbocycles. The first-order chi connectivity index (χ1) is 4.15. The molecule has 8 nitrogen and oxygen atoms in total. The Kier molecular flexibility index (Phi) is 6.93. The van der Waals surface area contributed by atoms with Crippen LogP contribution in [0, 0.1) is 0 Å². The molecule has 0 amide bonds. The maximum Gasteiger partial charge on any atom is 0.284 e. The Labute approximate surface area is 69.3 Å². The molecule has 0 aliphatic carbocycles. The van der Waals surface area contributed by atoms with Crippen LogP contribution in [0.1, 0.15) is 6.92 Å². The summed E-state index contributed by atoms with van der Waals surface area (Å²) in [7, 11) is -9.40. The van der Waals surface area contributed by atoms with E-state index in [0.29, 0.717) is 6.92 Å². The quantitative estimate of drug-likeness (QED) is 0.490. The van der Waals surface area contributed by atoms with E-state index in [-0.39, 0.29) is 11.0 Å². The van der Waals surface area contributed by atoms with Gasteiger partial charge in [-0.3, -0.25) is 9.11 Å². The van der Waals surface area contributed by atoms with Gasteiger partial charge in [-0.1, -0.05) is 0 Å². The highest BCUT2D eigenvalue weighted by molar-refractivity contribution is 8.03. The van der Waals surface area contributed by atoms with E-state index < -0.39 is 24.8 Å². The van der Waals surface area contributed by atoms with Gasteiger partial charge in [-0.05, 0) is 6.92 Å². The number of rotatable bonds is 2. The first-order valence-electron chi connectivity index (χ1n) is 2.08. The number of hydrogen-bond acceptors (Lipinski definition) is 4. The summed E-state index contributed by atoms with van der Waals surface area (Å²) in [6.07, 6.45) is 0. The summed E-state index contributed by atoms with van der Waals surface area (Å²) in [5.41, 5.74) is 0. The third-order valence-corrected chi connectivity index (χ3v) is 3.98. The lowest BCUT2D eigenvalue weighted by atomic mass is 11.0. The van der Waals surface area contributed by atoms with Gasteiger partial charge >= 0.3 is 0 Å². The minimum atomic E-state index is -4.70. The van der Waals surface area contributed by atoms with E-state index in [1.165, 1.54) is 0 Å². The minimum absolute atomic E-state index is 0. The van der Waals surface area contributed by atoms with Crippen molar-refractivity contribution >= 4 is 20.2 Å². The van der Waals surface area contributed by atoms with Gasteiger partial charge in [0.2, 0.25) is 4.58 Å². The van der Waals surface area contributed by atoms with Crippen LogP contribution >= 0.6 is 0 Å². The molecule has 10 heteroatoms. The van der Waals surface area contributed by atoms with Crippen molar-refractivity contribution in [1.29, 1.82) is 0 Å². The van der Waals surface area contributed by atoms with Gasteiger partial charge in [-0.15, -0.1) is 0 Å². The van der Waals surface area contributed by atoms with E-state index in [1.54, 1.807) is 0 Å².